The summed E-state index contributed by atoms with van der Waals surface area (Å²) in [6, 6.07) is -0.134. The number of alkyl halides is 1. The molecular formula is C6H14BrNO. The molecule has 2 nitrogen and oxygen atoms in total. The zero-order chi connectivity index (χ0) is 7.44. The average Bonchev–Trinajstić information content (AvgIpc) is 1.84. The Balaban J connectivity index is 3.58. The Labute approximate surface area is 64.6 Å². The maximum Gasteiger partial charge on any atom is 0.0593 e. The highest BCUT2D eigenvalue weighted by atomic mass is 79.9. The predicted octanol–water partition coefficient (Wildman–Crippen LogP) is 0.726. The summed E-state index contributed by atoms with van der Waals surface area (Å²) in [5, 5.41) is 8.60. The van der Waals surface area contributed by atoms with E-state index in [2.05, 4.69) is 29.8 Å². The maximum atomic E-state index is 8.60. The Morgan fingerprint density at radius 3 is 2.11 bits per heavy atom. The van der Waals surface area contributed by atoms with Gasteiger partial charge in [-0.15, -0.1) is 0 Å². The molecule has 0 aliphatic rings. The Morgan fingerprint density at radius 1 is 1.56 bits per heavy atom. The highest BCUT2D eigenvalue weighted by Crippen LogP contribution is 2.13. The normalized spacial score (nSPS) is 18.0. The summed E-state index contributed by atoms with van der Waals surface area (Å²) < 4.78 is 0. The molecule has 0 fully saturated rings. The smallest absolute Gasteiger partial charge is 0.0593 e. The van der Waals surface area contributed by atoms with Crippen molar-refractivity contribution in [3.63, 3.8) is 0 Å². The van der Waals surface area contributed by atoms with Gasteiger partial charge in [0.05, 0.1) is 6.61 Å². The Morgan fingerprint density at radius 2 is 2.00 bits per heavy atom. The van der Waals surface area contributed by atoms with E-state index >= 15 is 0 Å². The third-order valence-corrected chi connectivity index (χ3v) is 2.99. The first-order chi connectivity index (χ1) is 4.09. The van der Waals surface area contributed by atoms with E-state index in [1.54, 1.807) is 0 Å². The summed E-state index contributed by atoms with van der Waals surface area (Å²) in [6.07, 6.45) is 0. The number of halogens is 1. The van der Waals surface area contributed by atoms with Crippen molar-refractivity contribution >= 4 is 15.9 Å². The lowest BCUT2D eigenvalue weighted by molar-refractivity contribution is 0.255. The van der Waals surface area contributed by atoms with Gasteiger partial charge >= 0.3 is 0 Å². The minimum absolute atomic E-state index is 0.0497. The van der Waals surface area contributed by atoms with E-state index in [-0.39, 0.29) is 17.5 Å². The molecule has 0 radical (unpaired) electrons. The Bertz CT molecular complexity index is 77.5. The number of hydrogen-bond donors (Lipinski definition) is 2. The lowest BCUT2D eigenvalue weighted by atomic mass is 10.1. The van der Waals surface area contributed by atoms with Crippen molar-refractivity contribution in [1.29, 1.82) is 0 Å². The van der Waals surface area contributed by atoms with E-state index in [1.807, 2.05) is 0 Å². The molecule has 9 heavy (non-hydrogen) atoms. The van der Waals surface area contributed by atoms with Crippen molar-refractivity contribution in [3.05, 3.63) is 0 Å². The lowest BCUT2D eigenvalue weighted by Crippen LogP contribution is -2.37. The topological polar surface area (TPSA) is 46.2 Å². The SMILES string of the molecule is CC(C)[C@@H](Br)[C@@H](N)CO. The molecule has 2 atom stereocenters. The first kappa shape index (κ1) is 9.40. The molecule has 0 aromatic carbocycles. The van der Waals surface area contributed by atoms with Gasteiger partial charge in [-0.25, -0.2) is 0 Å². The summed E-state index contributed by atoms with van der Waals surface area (Å²) in [4.78, 5) is 0.225. The second-order valence-electron chi connectivity index (χ2n) is 2.53. The van der Waals surface area contributed by atoms with Crippen LogP contribution < -0.4 is 5.73 Å². The van der Waals surface area contributed by atoms with Gasteiger partial charge in [-0.1, -0.05) is 29.8 Å². The molecule has 0 unspecified atom stereocenters. The van der Waals surface area contributed by atoms with Crippen molar-refractivity contribution in [1.82, 2.24) is 0 Å². The van der Waals surface area contributed by atoms with Gasteiger partial charge in [-0.2, -0.15) is 0 Å². The Hall–Kier alpha value is 0.400. The van der Waals surface area contributed by atoms with Crippen LogP contribution in [0.25, 0.3) is 0 Å². The average molecular weight is 196 g/mol. The van der Waals surface area contributed by atoms with E-state index in [1.165, 1.54) is 0 Å². The number of aliphatic hydroxyl groups is 1. The lowest BCUT2D eigenvalue weighted by Gasteiger charge is -2.18. The molecule has 0 aliphatic carbocycles. The fourth-order valence-corrected chi connectivity index (χ4v) is 0.762. The molecule has 0 bridgehead atoms. The predicted molar refractivity (Wildman–Crippen MR) is 42.6 cm³/mol. The highest BCUT2D eigenvalue weighted by molar-refractivity contribution is 9.09. The standard InChI is InChI=1S/C6H14BrNO/c1-4(2)6(7)5(8)3-9/h4-6,9H,3,8H2,1-2H3/t5-,6+/m0/s1. The summed E-state index contributed by atoms with van der Waals surface area (Å²) in [5.74, 6) is 0.479. The fourth-order valence-electron chi connectivity index (χ4n) is 0.595. The highest BCUT2D eigenvalue weighted by Gasteiger charge is 2.16. The zero-order valence-corrected chi connectivity index (χ0v) is 7.43. The zero-order valence-electron chi connectivity index (χ0n) is 5.84. The van der Waals surface area contributed by atoms with E-state index in [0.29, 0.717) is 5.92 Å². The minimum Gasteiger partial charge on any atom is -0.395 e. The molecule has 0 saturated heterocycles. The Kier molecular flexibility index (Phi) is 4.44. The van der Waals surface area contributed by atoms with Crippen LogP contribution in [0.5, 0.6) is 0 Å². The molecule has 0 aromatic heterocycles. The van der Waals surface area contributed by atoms with Crippen LogP contribution in [0.15, 0.2) is 0 Å². The van der Waals surface area contributed by atoms with Crippen LogP contribution in [0.4, 0.5) is 0 Å². The number of hydrogen-bond acceptors (Lipinski definition) is 2. The molecule has 56 valence electrons. The second kappa shape index (κ2) is 4.25. The number of nitrogens with two attached hydrogens (primary N) is 1. The molecule has 0 rings (SSSR count). The molecule has 0 aromatic rings. The molecule has 0 aliphatic heterocycles. The van der Waals surface area contributed by atoms with Gasteiger partial charge in [-0.3, -0.25) is 0 Å². The van der Waals surface area contributed by atoms with Crippen molar-refractivity contribution in [2.45, 2.75) is 24.7 Å². The van der Waals surface area contributed by atoms with Crippen LogP contribution in [0.2, 0.25) is 0 Å². The molecule has 0 spiro atoms. The molecule has 3 N–H and O–H groups in total. The minimum atomic E-state index is -0.134. The molecular weight excluding hydrogens is 182 g/mol. The van der Waals surface area contributed by atoms with Crippen LogP contribution in [-0.2, 0) is 0 Å². The molecule has 0 heterocycles. The van der Waals surface area contributed by atoms with Gasteiger partial charge in [0.25, 0.3) is 0 Å². The van der Waals surface area contributed by atoms with Gasteiger partial charge in [0.2, 0.25) is 0 Å². The van der Waals surface area contributed by atoms with Gasteiger partial charge in [0, 0.05) is 10.9 Å². The summed E-state index contributed by atoms with van der Waals surface area (Å²) in [6.45, 7) is 4.18. The van der Waals surface area contributed by atoms with Gasteiger partial charge in [0.15, 0.2) is 0 Å². The van der Waals surface area contributed by atoms with Crippen molar-refractivity contribution < 1.29 is 5.11 Å². The van der Waals surface area contributed by atoms with Gasteiger partial charge in [0.1, 0.15) is 0 Å². The third kappa shape index (κ3) is 3.18. The summed E-state index contributed by atoms with van der Waals surface area (Å²) in [5.41, 5.74) is 5.52. The van der Waals surface area contributed by atoms with Crippen LogP contribution >= 0.6 is 15.9 Å². The number of aliphatic hydroxyl groups excluding tert-OH is 1. The molecule has 0 amide bonds. The van der Waals surface area contributed by atoms with Crippen molar-refractivity contribution in [2.24, 2.45) is 11.7 Å². The third-order valence-electron chi connectivity index (χ3n) is 1.26. The van der Waals surface area contributed by atoms with Crippen LogP contribution in [0, 0.1) is 5.92 Å². The van der Waals surface area contributed by atoms with Gasteiger partial charge in [-0.05, 0) is 5.92 Å². The van der Waals surface area contributed by atoms with Gasteiger partial charge < -0.3 is 10.8 Å². The quantitative estimate of drug-likeness (QED) is 0.653. The van der Waals surface area contributed by atoms with E-state index in [0.717, 1.165) is 0 Å². The maximum absolute atomic E-state index is 8.60. The monoisotopic (exact) mass is 195 g/mol. The summed E-state index contributed by atoms with van der Waals surface area (Å²) >= 11 is 3.38. The van der Waals surface area contributed by atoms with Crippen LogP contribution in [-0.4, -0.2) is 22.6 Å². The second-order valence-corrected chi connectivity index (χ2v) is 3.59. The molecule has 3 heteroatoms. The summed E-state index contributed by atoms with van der Waals surface area (Å²) in [7, 11) is 0. The number of rotatable bonds is 3. The first-order valence-corrected chi connectivity index (χ1v) is 4.01. The van der Waals surface area contributed by atoms with E-state index < -0.39 is 0 Å². The van der Waals surface area contributed by atoms with Crippen LogP contribution in [0.3, 0.4) is 0 Å². The largest absolute Gasteiger partial charge is 0.395 e. The first-order valence-electron chi connectivity index (χ1n) is 3.10. The van der Waals surface area contributed by atoms with E-state index in [4.69, 9.17) is 10.8 Å². The fraction of sp³-hybridized carbons (Fsp3) is 1.00. The van der Waals surface area contributed by atoms with Crippen LogP contribution in [0.1, 0.15) is 13.8 Å². The van der Waals surface area contributed by atoms with E-state index in [9.17, 15) is 0 Å². The van der Waals surface area contributed by atoms with Crippen molar-refractivity contribution in [3.8, 4) is 0 Å². The molecule has 0 saturated carbocycles. The van der Waals surface area contributed by atoms with Crippen molar-refractivity contribution in [2.75, 3.05) is 6.61 Å².